The molecule has 1 fully saturated rings. The molecule has 0 bridgehead atoms. The number of aromatic nitrogens is 2. The molecule has 2 heterocycles. The Bertz CT molecular complexity index is 309. The molecule has 1 saturated heterocycles. The van der Waals surface area contributed by atoms with Crippen LogP contribution in [-0.4, -0.2) is 43.5 Å². The van der Waals surface area contributed by atoms with Crippen LogP contribution in [-0.2, 0) is 4.74 Å². The first-order valence-electron chi connectivity index (χ1n) is 5.17. The van der Waals surface area contributed by atoms with Crippen molar-refractivity contribution >= 4 is 5.95 Å². The molecule has 0 aromatic carbocycles. The van der Waals surface area contributed by atoms with E-state index >= 15 is 0 Å². The largest absolute Gasteiger partial charge is 0.378 e. The number of morpholine rings is 1. The Hall–Kier alpha value is -1.14. The smallest absolute Gasteiger partial charge is 0.265 e. The molecule has 6 heteroatoms. The van der Waals surface area contributed by atoms with Crippen molar-refractivity contribution in [2.75, 3.05) is 38.3 Å². The van der Waals surface area contributed by atoms with E-state index in [-0.39, 0.29) is 6.04 Å². The lowest BCUT2D eigenvalue weighted by atomic mass is 10.3. The van der Waals surface area contributed by atoms with Gasteiger partial charge in [-0.25, -0.2) is 0 Å². The number of anilines is 1. The Morgan fingerprint density at radius 2 is 2.47 bits per heavy atom. The van der Waals surface area contributed by atoms with E-state index in [1.165, 1.54) is 0 Å². The van der Waals surface area contributed by atoms with Crippen LogP contribution < -0.4 is 10.2 Å². The van der Waals surface area contributed by atoms with Crippen molar-refractivity contribution in [3.8, 4) is 0 Å². The second-order valence-corrected chi connectivity index (χ2v) is 3.53. The maximum absolute atomic E-state index is 5.33. The monoisotopic (exact) mass is 212 g/mol. The second kappa shape index (κ2) is 4.59. The average molecular weight is 212 g/mol. The fraction of sp³-hybridized carbons (Fsp3) is 0.778. The SMILES string of the molecule is CCN(C)c1noc(C2COCCN2)n1. The van der Waals surface area contributed by atoms with Gasteiger partial charge in [0.05, 0.1) is 13.2 Å². The normalized spacial score (nSPS) is 21.6. The van der Waals surface area contributed by atoms with Gasteiger partial charge in [0.25, 0.3) is 5.95 Å². The molecule has 2 rings (SSSR count). The summed E-state index contributed by atoms with van der Waals surface area (Å²) in [7, 11) is 1.93. The quantitative estimate of drug-likeness (QED) is 0.771. The van der Waals surface area contributed by atoms with Crippen LogP contribution in [0.4, 0.5) is 5.95 Å². The zero-order valence-corrected chi connectivity index (χ0v) is 9.06. The predicted octanol–water partition coefficient (Wildman–Crippen LogP) is 0.187. The van der Waals surface area contributed by atoms with Crippen LogP contribution in [0.2, 0.25) is 0 Å². The molecule has 1 atom stereocenters. The summed E-state index contributed by atoms with van der Waals surface area (Å²) in [6.07, 6.45) is 0. The summed E-state index contributed by atoms with van der Waals surface area (Å²) in [5, 5.41) is 7.17. The van der Waals surface area contributed by atoms with Gasteiger partial charge < -0.3 is 19.5 Å². The third-order valence-corrected chi connectivity index (χ3v) is 2.47. The molecule has 0 radical (unpaired) electrons. The molecular formula is C9H16N4O2. The van der Waals surface area contributed by atoms with E-state index < -0.39 is 0 Å². The lowest BCUT2D eigenvalue weighted by Crippen LogP contribution is -2.34. The van der Waals surface area contributed by atoms with Crippen LogP contribution in [0.5, 0.6) is 0 Å². The molecule has 1 aromatic rings. The van der Waals surface area contributed by atoms with E-state index in [2.05, 4.69) is 15.5 Å². The highest BCUT2D eigenvalue weighted by atomic mass is 16.5. The van der Waals surface area contributed by atoms with Gasteiger partial charge in [0.2, 0.25) is 5.89 Å². The van der Waals surface area contributed by atoms with Crippen molar-refractivity contribution in [1.29, 1.82) is 0 Å². The lowest BCUT2D eigenvalue weighted by molar-refractivity contribution is 0.0659. The molecule has 84 valence electrons. The topological polar surface area (TPSA) is 63.4 Å². The standard InChI is InChI=1S/C9H16N4O2/c1-3-13(2)9-11-8(15-12-9)7-6-14-5-4-10-7/h7,10H,3-6H2,1-2H3. The highest BCUT2D eigenvalue weighted by molar-refractivity contribution is 5.25. The molecule has 1 N–H and O–H groups in total. The minimum atomic E-state index is 0.0326. The highest BCUT2D eigenvalue weighted by Crippen LogP contribution is 2.16. The molecule has 1 aliphatic heterocycles. The molecule has 0 amide bonds. The first-order chi connectivity index (χ1) is 7.31. The molecule has 1 aromatic heterocycles. The van der Waals surface area contributed by atoms with E-state index in [0.29, 0.717) is 18.4 Å². The summed E-state index contributed by atoms with van der Waals surface area (Å²) in [5.41, 5.74) is 0. The lowest BCUT2D eigenvalue weighted by Gasteiger charge is -2.20. The minimum absolute atomic E-state index is 0.0326. The van der Waals surface area contributed by atoms with Crippen LogP contribution >= 0.6 is 0 Å². The van der Waals surface area contributed by atoms with Crippen molar-refractivity contribution in [2.45, 2.75) is 13.0 Å². The molecule has 6 nitrogen and oxygen atoms in total. The van der Waals surface area contributed by atoms with Crippen molar-refractivity contribution in [3.63, 3.8) is 0 Å². The number of nitrogens with zero attached hydrogens (tertiary/aromatic N) is 3. The molecule has 1 unspecified atom stereocenters. The summed E-state index contributed by atoms with van der Waals surface area (Å²) in [5.74, 6) is 1.23. The van der Waals surface area contributed by atoms with Gasteiger partial charge in [-0.1, -0.05) is 0 Å². The summed E-state index contributed by atoms with van der Waals surface area (Å²) in [6, 6.07) is 0.0326. The van der Waals surface area contributed by atoms with Crippen molar-refractivity contribution in [2.24, 2.45) is 0 Å². The van der Waals surface area contributed by atoms with E-state index in [9.17, 15) is 0 Å². The van der Waals surface area contributed by atoms with Gasteiger partial charge in [0.15, 0.2) is 0 Å². The molecule has 15 heavy (non-hydrogen) atoms. The Balaban J connectivity index is 2.05. The Kier molecular flexibility index (Phi) is 3.17. The van der Waals surface area contributed by atoms with Gasteiger partial charge in [-0.3, -0.25) is 0 Å². The Labute approximate surface area is 88.6 Å². The van der Waals surface area contributed by atoms with Gasteiger partial charge in [-0.15, -0.1) is 0 Å². The van der Waals surface area contributed by atoms with Crippen molar-refractivity contribution in [1.82, 2.24) is 15.5 Å². The third-order valence-electron chi connectivity index (χ3n) is 2.47. The van der Waals surface area contributed by atoms with Crippen LogP contribution in [0.25, 0.3) is 0 Å². The fourth-order valence-corrected chi connectivity index (χ4v) is 1.39. The van der Waals surface area contributed by atoms with Gasteiger partial charge in [0.1, 0.15) is 6.04 Å². The van der Waals surface area contributed by atoms with Gasteiger partial charge >= 0.3 is 0 Å². The number of hydrogen-bond acceptors (Lipinski definition) is 6. The fourth-order valence-electron chi connectivity index (χ4n) is 1.39. The number of hydrogen-bond donors (Lipinski definition) is 1. The Morgan fingerprint density at radius 3 is 3.13 bits per heavy atom. The zero-order valence-electron chi connectivity index (χ0n) is 9.06. The highest BCUT2D eigenvalue weighted by Gasteiger charge is 2.22. The molecule has 0 spiro atoms. The first kappa shape index (κ1) is 10.4. The molecular weight excluding hydrogens is 196 g/mol. The summed E-state index contributed by atoms with van der Waals surface area (Å²) < 4.78 is 10.5. The summed E-state index contributed by atoms with van der Waals surface area (Å²) in [6.45, 7) is 5.06. The molecule has 0 aliphatic carbocycles. The van der Waals surface area contributed by atoms with Crippen molar-refractivity contribution < 1.29 is 9.26 Å². The van der Waals surface area contributed by atoms with E-state index in [4.69, 9.17) is 9.26 Å². The van der Waals surface area contributed by atoms with E-state index in [1.54, 1.807) is 0 Å². The summed E-state index contributed by atoms with van der Waals surface area (Å²) >= 11 is 0. The maximum atomic E-state index is 5.33. The number of nitrogens with one attached hydrogen (secondary N) is 1. The Morgan fingerprint density at radius 1 is 1.60 bits per heavy atom. The molecule has 0 saturated carbocycles. The van der Waals surface area contributed by atoms with Crippen LogP contribution in [0.3, 0.4) is 0 Å². The average Bonchev–Trinajstić information content (AvgIpc) is 2.78. The number of ether oxygens (including phenoxy) is 1. The first-order valence-corrected chi connectivity index (χ1v) is 5.17. The van der Waals surface area contributed by atoms with Crippen LogP contribution in [0.1, 0.15) is 18.9 Å². The van der Waals surface area contributed by atoms with E-state index in [1.807, 2.05) is 18.9 Å². The van der Waals surface area contributed by atoms with Gasteiger partial charge in [-0.2, -0.15) is 4.98 Å². The van der Waals surface area contributed by atoms with Gasteiger partial charge in [-0.05, 0) is 12.1 Å². The zero-order chi connectivity index (χ0) is 10.7. The minimum Gasteiger partial charge on any atom is -0.378 e. The predicted molar refractivity (Wildman–Crippen MR) is 54.8 cm³/mol. The third kappa shape index (κ3) is 2.27. The van der Waals surface area contributed by atoms with Crippen LogP contribution in [0.15, 0.2) is 4.52 Å². The van der Waals surface area contributed by atoms with Crippen molar-refractivity contribution in [3.05, 3.63) is 5.89 Å². The molecule has 1 aliphatic rings. The van der Waals surface area contributed by atoms with Gasteiger partial charge in [0, 0.05) is 20.1 Å². The summed E-state index contributed by atoms with van der Waals surface area (Å²) in [4.78, 5) is 6.24. The maximum Gasteiger partial charge on any atom is 0.265 e. The van der Waals surface area contributed by atoms with E-state index in [0.717, 1.165) is 19.7 Å². The number of rotatable bonds is 3. The van der Waals surface area contributed by atoms with Crippen LogP contribution in [0, 0.1) is 0 Å². The second-order valence-electron chi connectivity index (χ2n) is 3.53.